The molecule has 0 atom stereocenters. The quantitative estimate of drug-likeness (QED) is 0.165. The van der Waals surface area contributed by atoms with E-state index in [4.69, 9.17) is 4.42 Å². The highest BCUT2D eigenvalue weighted by Crippen LogP contribution is 2.64. The normalized spacial score (nSPS) is 13.9. The van der Waals surface area contributed by atoms with Gasteiger partial charge in [0.25, 0.3) is 0 Å². The van der Waals surface area contributed by atoms with Crippen molar-refractivity contribution < 1.29 is 4.42 Å². The summed E-state index contributed by atoms with van der Waals surface area (Å²) in [7, 11) is 0. The Morgan fingerprint density at radius 2 is 0.786 bits per heavy atom. The first-order valence-corrected chi connectivity index (χ1v) is 24.3. The van der Waals surface area contributed by atoms with Crippen molar-refractivity contribution in [3.63, 3.8) is 0 Å². The summed E-state index contributed by atoms with van der Waals surface area (Å²) >= 11 is 0. The van der Waals surface area contributed by atoms with Crippen LogP contribution in [0.3, 0.4) is 0 Å². The van der Waals surface area contributed by atoms with E-state index in [-0.39, 0.29) is 0 Å². The molecule has 0 N–H and O–H groups in total. The minimum atomic E-state index is -0.560. The molecule has 1 aromatic heterocycles. The fourth-order valence-corrected chi connectivity index (χ4v) is 13.1. The summed E-state index contributed by atoms with van der Waals surface area (Å²) in [6.07, 6.45) is 0. The molecule has 326 valence electrons. The number of furan rings is 1. The van der Waals surface area contributed by atoms with E-state index < -0.39 is 10.8 Å². The monoisotopic (exact) mass is 889 g/mol. The molecule has 11 aromatic carbocycles. The van der Waals surface area contributed by atoms with Gasteiger partial charge in [0, 0.05) is 33.3 Å². The Morgan fingerprint density at radius 1 is 0.300 bits per heavy atom. The summed E-state index contributed by atoms with van der Waals surface area (Å²) in [6, 6.07) is 96.8. The lowest BCUT2D eigenvalue weighted by molar-refractivity contribution is 0.670. The average Bonchev–Trinajstić information content (AvgIpc) is 4.15. The summed E-state index contributed by atoms with van der Waals surface area (Å²) in [5, 5.41) is 2.24. The Labute approximate surface area is 407 Å². The summed E-state index contributed by atoms with van der Waals surface area (Å²) in [5.74, 6) is 0. The van der Waals surface area contributed by atoms with Crippen LogP contribution in [0.5, 0.6) is 0 Å². The lowest BCUT2D eigenvalue weighted by Gasteiger charge is -2.35. The Hall–Kier alpha value is -8.98. The lowest BCUT2D eigenvalue weighted by atomic mass is 9.68. The number of rotatable bonds is 6. The molecule has 0 bridgehead atoms. The average molecular weight is 890 g/mol. The molecule has 1 heterocycles. The van der Waals surface area contributed by atoms with Crippen LogP contribution in [0.1, 0.15) is 44.5 Å². The highest BCUT2D eigenvalue weighted by Gasteiger charge is 2.52. The molecule has 1 spiro atoms. The molecule has 0 unspecified atom stereocenters. The highest BCUT2D eigenvalue weighted by molar-refractivity contribution is 6.10. The minimum absolute atomic E-state index is 0.499. The Morgan fingerprint density at radius 3 is 1.46 bits per heavy atom. The van der Waals surface area contributed by atoms with Crippen molar-refractivity contribution in [2.45, 2.75) is 10.8 Å². The molecule has 12 aromatic rings. The van der Waals surface area contributed by atoms with Crippen LogP contribution in [0.25, 0.3) is 66.4 Å². The number of para-hydroxylation sites is 2. The zero-order chi connectivity index (χ0) is 46.0. The van der Waals surface area contributed by atoms with Crippen molar-refractivity contribution in [3.05, 3.63) is 305 Å². The topological polar surface area (TPSA) is 16.4 Å². The van der Waals surface area contributed by atoms with Crippen LogP contribution in [0.2, 0.25) is 0 Å². The Bertz CT molecular complexity index is 3980. The zero-order valence-electron chi connectivity index (χ0n) is 38.2. The largest absolute Gasteiger partial charge is 0.455 e. The number of benzene rings is 11. The van der Waals surface area contributed by atoms with Gasteiger partial charge >= 0.3 is 0 Å². The second kappa shape index (κ2) is 14.8. The summed E-state index contributed by atoms with van der Waals surface area (Å²) in [6.45, 7) is 0. The van der Waals surface area contributed by atoms with Gasteiger partial charge in [-0.1, -0.05) is 224 Å². The standard InChI is InChI=1S/C68H43NO/c1-3-21-45(22-4-1)67(46-23-5-2-6-24-46)60-36-15-10-30-56(60)65-61(67)37-19-38-63(65)69(47-25-17-20-44(42-47)49-31-18-32-55-54-29-11-16-39-64(54)70-66(49)55)48-40-41-53-52-28-9-14-35-59(52)68(62(53)43-48)57-33-12-7-26-50(57)51-27-8-13-34-58(51)68/h1-43H. The molecule has 3 aliphatic rings. The number of anilines is 3. The van der Waals surface area contributed by atoms with E-state index in [1.165, 1.54) is 77.9 Å². The number of fused-ring (bicyclic) bond motifs is 16. The van der Waals surface area contributed by atoms with Crippen molar-refractivity contribution in [3.8, 4) is 44.5 Å². The van der Waals surface area contributed by atoms with E-state index in [1.807, 2.05) is 6.07 Å². The maximum atomic E-state index is 6.69. The molecule has 0 fully saturated rings. The van der Waals surface area contributed by atoms with Crippen LogP contribution in [0, 0.1) is 0 Å². The van der Waals surface area contributed by atoms with E-state index in [0.29, 0.717) is 0 Å². The molecule has 3 aliphatic carbocycles. The molecule has 0 amide bonds. The van der Waals surface area contributed by atoms with Crippen LogP contribution >= 0.6 is 0 Å². The van der Waals surface area contributed by atoms with Gasteiger partial charge in [-0.3, -0.25) is 0 Å². The first-order valence-electron chi connectivity index (χ1n) is 24.3. The van der Waals surface area contributed by atoms with Crippen LogP contribution in [-0.4, -0.2) is 0 Å². The van der Waals surface area contributed by atoms with Crippen molar-refractivity contribution >= 4 is 39.0 Å². The van der Waals surface area contributed by atoms with Gasteiger partial charge in [-0.25, -0.2) is 0 Å². The number of nitrogens with zero attached hydrogens (tertiary/aromatic N) is 1. The Balaban J connectivity index is 1.03. The maximum absolute atomic E-state index is 6.69. The van der Waals surface area contributed by atoms with Crippen LogP contribution in [-0.2, 0) is 10.8 Å². The van der Waals surface area contributed by atoms with Gasteiger partial charge in [-0.15, -0.1) is 0 Å². The van der Waals surface area contributed by atoms with Crippen LogP contribution < -0.4 is 4.90 Å². The predicted molar refractivity (Wildman–Crippen MR) is 287 cm³/mol. The third-order valence-electron chi connectivity index (χ3n) is 15.8. The molecule has 0 saturated carbocycles. The molecule has 0 saturated heterocycles. The van der Waals surface area contributed by atoms with Gasteiger partial charge in [-0.2, -0.15) is 0 Å². The predicted octanol–water partition coefficient (Wildman–Crippen LogP) is 17.4. The van der Waals surface area contributed by atoms with Gasteiger partial charge < -0.3 is 9.32 Å². The fourth-order valence-electron chi connectivity index (χ4n) is 13.1. The summed E-state index contributed by atoms with van der Waals surface area (Å²) in [5.41, 5.74) is 24.1. The summed E-state index contributed by atoms with van der Waals surface area (Å²) in [4.78, 5) is 2.54. The van der Waals surface area contributed by atoms with Gasteiger partial charge in [-0.05, 0) is 114 Å². The third kappa shape index (κ3) is 5.12. The molecule has 2 nitrogen and oxygen atoms in total. The first-order chi connectivity index (χ1) is 34.7. The first kappa shape index (κ1) is 39.1. The van der Waals surface area contributed by atoms with Gasteiger partial charge in [0.15, 0.2) is 0 Å². The molecule has 0 aliphatic heterocycles. The fraction of sp³-hybridized carbons (Fsp3) is 0.0294. The van der Waals surface area contributed by atoms with E-state index in [9.17, 15) is 0 Å². The smallest absolute Gasteiger partial charge is 0.143 e. The van der Waals surface area contributed by atoms with Crippen LogP contribution in [0.4, 0.5) is 17.1 Å². The van der Waals surface area contributed by atoms with Gasteiger partial charge in [0.1, 0.15) is 11.2 Å². The number of hydrogen-bond donors (Lipinski definition) is 0. The van der Waals surface area contributed by atoms with E-state index in [0.717, 1.165) is 50.1 Å². The van der Waals surface area contributed by atoms with Gasteiger partial charge in [0.05, 0.1) is 16.5 Å². The van der Waals surface area contributed by atoms with Crippen molar-refractivity contribution in [2.75, 3.05) is 4.90 Å². The van der Waals surface area contributed by atoms with Crippen LogP contribution in [0.15, 0.2) is 265 Å². The van der Waals surface area contributed by atoms with Crippen molar-refractivity contribution in [1.29, 1.82) is 0 Å². The molecular formula is C68H43NO. The summed E-state index contributed by atoms with van der Waals surface area (Å²) < 4.78 is 6.69. The minimum Gasteiger partial charge on any atom is -0.455 e. The molecule has 2 heteroatoms. The zero-order valence-corrected chi connectivity index (χ0v) is 38.2. The van der Waals surface area contributed by atoms with Gasteiger partial charge in [0.2, 0.25) is 0 Å². The molecular weight excluding hydrogens is 847 g/mol. The van der Waals surface area contributed by atoms with E-state index in [1.54, 1.807) is 0 Å². The SMILES string of the molecule is c1ccc(C2(c3ccccc3)c3ccccc3-c3c(N(c4cccc(-c5cccc6c5oc5ccccc56)c4)c4ccc5c(c4)C4(c6ccccc6-c6ccccc64)c4ccccc4-5)cccc32)cc1. The highest BCUT2D eigenvalue weighted by atomic mass is 16.3. The van der Waals surface area contributed by atoms with E-state index >= 15 is 0 Å². The maximum Gasteiger partial charge on any atom is 0.143 e. The third-order valence-corrected chi connectivity index (χ3v) is 15.8. The number of hydrogen-bond acceptors (Lipinski definition) is 2. The lowest BCUT2D eigenvalue weighted by Crippen LogP contribution is -2.28. The second-order valence-electron chi connectivity index (χ2n) is 19.0. The van der Waals surface area contributed by atoms with Crippen molar-refractivity contribution in [1.82, 2.24) is 0 Å². The Kier molecular flexibility index (Phi) is 8.24. The second-order valence-corrected chi connectivity index (χ2v) is 19.0. The van der Waals surface area contributed by atoms with E-state index in [2.05, 4.69) is 260 Å². The molecule has 70 heavy (non-hydrogen) atoms. The molecule has 0 radical (unpaired) electrons. The molecule has 15 rings (SSSR count). The van der Waals surface area contributed by atoms with Crippen molar-refractivity contribution in [2.24, 2.45) is 0 Å².